The molecule has 34 heavy (non-hydrogen) atoms. The van der Waals surface area contributed by atoms with E-state index in [0.29, 0.717) is 13.0 Å². The van der Waals surface area contributed by atoms with Gasteiger partial charge < -0.3 is 20.1 Å². The lowest BCUT2D eigenvalue weighted by molar-refractivity contribution is -0.142. The summed E-state index contributed by atoms with van der Waals surface area (Å²) in [7, 11) is 0. The number of alkyl carbamates (subject to hydrolysis) is 1. The standard InChI is InChI=1S/C27H32N2O5/c1-3-8-18(13-25(30)29-14-17(2)23(15-29)26(31)32)28-27(33)34-16-24-21-11-6-4-9-19(21)20-10-5-7-12-22(20)24/h4-7,9-12,17-18,23-24H,3,8,13-16H2,1-2H3,(H,28,33)(H,31,32)/t17-,18-,23-/m0/s1. The fourth-order valence-electron chi connectivity index (χ4n) is 5.21. The number of nitrogens with one attached hydrogen (secondary N) is 1. The summed E-state index contributed by atoms with van der Waals surface area (Å²) in [6, 6.07) is 16.0. The fraction of sp³-hybridized carbons (Fsp3) is 0.444. The molecule has 1 aliphatic carbocycles. The highest BCUT2D eigenvalue weighted by molar-refractivity contribution is 5.81. The van der Waals surface area contributed by atoms with Crippen LogP contribution in [0, 0.1) is 11.8 Å². The number of fused-ring (bicyclic) bond motifs is 3. The number of rotatable bonds is 8. The molecule has 1 saturated heterocycles. The first-order valence-corrected chi connectivity index (χ1v) is 12.0. The Balaban J connectivity index is 1.35. The first-order valence-electron chi connectivity index (χ1n) is 12.0. The van der Waals surface area contributed by atoms with E-state index in [4.69, 9.17) is 4.74 Å². The highest BCUT2D eigenvalue weighted by atomic mass is 16.5. The molecule has 4 rings (SSSR count). The smallest absolute Gasteiger partial charge is 0.407 e. The van der Waals surface area contributed by atoms with E-state index in [9.17, 15) is 19.5 Å². The third-order valence-electron chi connectivity index (χ3n) is 7.01. The van der Waals surface area contributed by atoms with Crippen LogP contribution in [0.5, 0.6) is 0 Å². The van der Waals surface area contributed by atoms with Crippen LogP contribution in [-0.2, 0) is 14.3 Å². The van der Waals surface area contributed by atoms with Crippen LogP contribution in [-0.4, -0.2) is 53.7 Å². The molecule has 7 heteroatoms. The maximum atomic E-state index is 12.8. The van der Waals surface area contributed by atoms with Crippen molar-refractivity contribution < 1.29 is 24.2 Å². The second-order valence-corrected chi connectivity index (χ2v) is 9.38. The van der Waals surface area contributed by atoms with Gasteiger partial charge >= 0.3 is 12.1 Å². The molecule has 2 amide bonds. The second kappa shape index (κ2) is 10.3. The minimum Gasteiger partial charge on any atom is -0.481 e. The predicted molar refractivity (Wildman–Crippen MR) is 128 cm³/mol. The summed E-state index contributed by atoms with van der Waals surface area (Å²) >= 11 is 0. The summed E-state index contributed by atoms with van der Waals surface area (Å²) in [6.07, 6.45) is 1.04. The van der Waals surface area contributed by atoms with E-state index in [1.54, 1.807) is 4.90 Å². The van der Waals surface area contributed by atoms with Gasteiger partial charge in [0.25, 0.3) is 0 Å². The van der Waals surface area contributed by atoms with Gasteiger partial charge in [0.05, 0.1) is 5.92 Å². The van der Waals surface area contributed by atoms with E-state index in [0.717, 1.165) is 17.5 Å². The fourth-order valence-corrected chi connectivity index (χ4v) is 5.21. The first-order chi connectivity index (χ1) is 16.4. The number of hydrogen-bond donors (Lipinski definition) is 2. The molecule has 1 fully saturated rings. The van der Waals surface area contributed by atoms with Crippen LogP contribution in [0.15, 0.2) is 48.5 Å². The quantitative estimate of drug-likeness (QED) is 0.609. The highest BCUT2D eigenvalue weighted by Crippen LogP contribution is 2.44. The van der Waals surface area contributed by atoms with Crippen molar-refractivity contribution >= 4 is 18.0 Å². The van der Waals surface area contributed by atoms with Crippen LogP contribution in [0.2, 0.25) is 0 Å². The molecular weight excluding hydrogens is 432 g/mol. The number of carbonyl (C=O) groups excluding carboxylic acids is 2. The Morgan fingerprint density at radius 1 is 1.06 bits per heavy atom. The van der Waals surface area contributed by atoms with Crippen LogP contribution in [0.3, 0.4) is 0 Å². The highest BCUT2D eigenvalue weighted by Gasteiger charge is 2.37. The minimum atomic E-state index is -0.871. The van der Waals surface area contributed by atoms with Gasteiger partial charge in [0.1, 0.15) is 6.61 Å². The number of carboxylic acid groups (broad SMARTS) is 1. The number of aliphatic carboxylic acids is 1. The molecule has 1 heterocycles. The predicted octanol–water partition coefficient (Wildman–Crippen LogP) is 4.26. The number of nitrogens with zero attached hydrogens (tertiary/aromatic N) is 1. The van der Waals surface area contributed by atoms with Crippen molar-refractivity contribution in [1.82, 2.24) is 10.2 Å². The molecule has 0 saturated carbocycles. The summed E-state index contributed by atoms with van der Waals surface area (Å²) in [5.74, 6) is -1.65. The van der Waals surface area contributed by atoms with Crippen molar-refractivity contribution in [1.29, 1.82) is 0 Å². The van der Waals surface area contributed by atoms with E-state index >= 15 is 0 Å². The molecule has 2 aromatic carbocycles. The SMILES string of the molecule is CCC[C@@H](CC(=O)N1C[C@H](C(=O)O)[C@@H](C)C1)NC(=O)OCC1c2ccccc2-c2ccccc21. The Bertz CT molecular complexity index is 1020. The summed E-state index contributed by atoms with van der Waals surface area (Å²) < 4.78 is 5.64. The molecule has 7 nitrogen and oxygen atoms in total. The normalized spacial score (nSPS) is 19.9. The summed E-state index contributed by atoms with van der Waals surface area (Å²) in [5, 5.41) is 12.2. The zero-order valence-corrected chi connectivity index (χ0v) is 19.7. The molecule has 180 valence electrons. The third-order valence-corrected chi connectivity index (χ3v) is 7.01. The molecule has 1 aliphatic heterocycles. The Morgan fingerprint density at radius 2 is 1.68 bits per heavy atom. The Morgan fingerprint density at radius 3 is 2.24 bits per heavy atom. The molecular formula is C27H32N2O5. The monoisotopic (exact) mass is 464 g/mol. The van der Waals surface area contributed by atoms with Crippen LogP contribution in [0.1, 0.15) is 50.2 Å². The zero-order valence-electron chi connectivity index (χ0n) is 19.7. The molecule has 3 atom stereocenters. The molecule has 0 aromatic heterocycles. The van der Waals surface area contributed by atoms with E-state index < -0.39 is 18.0 Å². The number of carbonyl (C=O) groups is 3. The van der Waals surface area contributed by atoms with Gasteiger partial charge in [-0.2, -0.15) is 0 Å². The number of amides is 2. The van der Waals surface area contributed by atoms with Gasteiger partial charge in [-0.05, 0) is 34.6 Å². The summed E-state index contributed by atoms with van der Waals surface area (Å²) in [5.41, 5.74) is 4.63. The van der Waals surface area contributed by atoms with Crippen LogP contribution in [0.4, 0.5) is 4.79 Å². The lowest BCUT2D eigenvalue weighted by Crippen LogP contribution is -2.41. The van der Waals surface area contributed by atoms with E-state index in [2.05, 4.69) is 29.6 Å². The molecule has 0 spiro atoms. The van der Waals surface area contributed by atoms with Gasteiger partial charge in [-0.15, -0.1) is 0 Å². The molecule has 0 radical (unpaired) electrons. The maximum Gasteiger partial charge on any atom is 0.407 e. The van der Waals surface area contributed by atoms with Gasteiger partial charge in [-0.3, -0.25) is 9.59 Å². The summed E-state index contributed by atoms with van der Waals surface area (Å²) in [4.78, 5) is 38.5. The zero-order chi connectivity index (χ0) is 24.2. The summed E-state index contributed by atoms with van der Waals surface area (Å²) in [6.45, 7) is 4.72. The van der Waals surface area contributed by atoms with Crippen LogP contribution < -0.4 is 5.32 Å². The maximum absolute atomic E-state index is 12.8. The number of carboxylic acids is 1. The molecule has 0 unspecified atom stereocenters. The lowest BCUT2D eigenvalue weighted by Gasteiger charge is -2.22. The molecule has 0 bridgehead atoms. The van der Waals surface area contributed by atoms with Crippen molar-refractivity contribution in [3.05, 3.63) is 59.7 Å². The number of hydrogen-bond acceptors (Lipinski definition) is 4. The first kappa shape index (κ1) is 23.8. The number of ether oxygens (including phenoxy) is 1. The van der Waals surface area contributed by atoms with E-state index in [1.165, 1.54) is 11.1 Å². The average Bonchev–Trinajstić information content (AvgIpc) is 3.36. The number of benzene rings is 2. The Hall–Kier alpha value is -3.35. The average molecular weight is 465 g/mol. The topological polar surface area (TPSA) is 95.9 Å². The Labute approximate surface area is 200 Å². The Kier molecular flexibility index (Phi) is 7.20. The molecule has 2 aliphatic rings. The van der Waals surface area contributed by atoms with Gasteiger partial charge in [0, 0.05) is 31.5 Å². The largest absolute Gasteiger partial charge is 0.481 e. The number of likely N-dealkylation sites (tertiary alicyclic amines) is 1. The van der Waals surface area contributed by atoms with Crippen molar-refractivity contribution in [2.24, 2.45) is 11.8 Å². The minimum absolute atomic E-state index is 0.0246. The van der Waals surface area contributed by atoms with Gasteiger partial charge in [-0.1, -0.05) is 68.8 Å². The van der Waals surface area contributed by atoms with E-state index in [1.807, 2.05) is 38.1 Å². The molecule has 2 aromatic rings. The van der Waals surface area contributed by atoms with Crippen molar-refractivity contribution in [3.63, 3.8) is 0 Å². The third kappa shape index (κ3) is 4.93. The van der Waals surface area contributed by atoms with Gasteiger partial charge in [0.2, 0.25) is 5.91 Å². The second-order valence-electron chi connectivity index (χ2n) is 9.38. The van der Waals surface area contributed by atoms with Crippen LogP contribution >= 0.6 is 0 Å². The van der Waals surface area contributed by atoms with E-state index in [-0.39, 0.29) is 43.4 Å². The van der Waals surface area contributed by atoms with Crippen molar-refractivity contribution in [3.8, 4) is 11.1 Å². The van der Waals surface area contributed by atoms with Gasteiger partial charge in [0.15, 0.2) is 0 Å². The van der Waals surface area contributed by atoms with Gasteiger partial charge in [-0.25, -0.2) is 4.79 Å². The van der Waals surface area contributed by atoms with Crippen molar-refractivity contribution in [2.45, 2.75) is 45.1 Å². The van der Waals surface area contributed by atoms with Crippen molar-refractivity contribution in [2.75, 3.05) is 19.7 Å². The van der Waals surface area contributed by atoms with Crippen LogP contribution in [0.25, 0.3) is 11.1 Å². The lowest BCUT2D eigenvalue weighted by atomic mass is 9.98. The molecule has 2 N–H and O–H groups in total.